The number of nitrogens with zero attached hydrogens (tertiary/aromatic N) is 2. The summed E-state index contributed by atoms with van der Waals surface area (Å²) in [7, 11) is 0. The molecule has 0 bridgehead atoms. The molecule has 1 N–H and O–H groups in total. The molecule has 1 aliphatic heterocycles. The Morgan fingerprint density at radius 1 is 1.09 bits per heavy atom. The number of hydrogen-bond donors (Lipinski definition) is 1. The van der Waals surface area contributed by atoms with Gasteiger partial charge in [-0.3, -0.25) is 4.79 Å². The molecule has 1 aromatic heterocycles. The molecule has 2 heterocycles. The molecule has 0 unspecified atom stereocenters. The Kier molecular flexibility index (Phi) is 6.16. The number of piperidine rings is 1. The van der Waals surface area contributed by atoms with E-state index in [1.807, 2.05) is 36.4 Å². The highest BCUT2D eigenvalue weighted by Crippen LogP contribution is 2.33. The highest BCUT2D eigenvalue weighted by atomic mass is 19.4. The van der Waals surface area contributed by atoms with E-state index in [0.29, 0.717) is 50.5 Å². The molecule has 4 rings (SSSR count). The van der Waals surface area contributed by atoms with Crippen LogP contribution in [-0.2, 0) is 12.7 Å². The molecule has 168 valence electrons. The molecule has 9 heteroatoms. The Hall–Kier alpha value is -3.36. The number of likely N-dealkylation sites (tertiary alicyclic amines) is 1. The van der Waals surface area contributed by atoms with Crippen molar-refractivity contribution in [1.29, 1.82) is 0 Å². The quantitative estimate of drug-likeness (QED) is 0.528. The Balaban J connectivity index is 1.33. The van der Waals surface area contributed by atoms with Crippen LogP contribution in [0.2, 0.25) is 0 Å². The van der Waals surface area contributed by atoms with Crippen molar-refractivity contribution in [3.05, 3.63) is 82.8 Å². The number of rotatable bonds is 5. The molecule has 0 spiro atoms. The molecular weight excluding hydrogens is 426 g/mol. The molecule has 0 atom stereocenters. The number of benzene rings is 2. The first-order valence-electron chi connectivity index (χ1n) is 10.2. The Morgan fingerprint density at radius 3 is 2.47 bits per heavy atom. The largest absolute Gasteiger partial charge is 0.419 e. The van der Waals surface area contributed by atoms with Crippen LogP contribution < -0.4 is 5.32 Å². The number of anilines is 1. The lowest BCUT2D eigenvalue weighted by Crippen LogP contribution is -2.38. The third-order valence-electron chi connectivity index (χ3n) is 5.56. The second-order valence-corrected chi connectivity index (χ2v) is 7.71. The predicted octanol–water partition coefficient (Wildman–Crippen LogP) is 5.46. The second kappa shape index (κ2) is 9.02. The molecule has 32 heavy (non-hydrogen) atoms. The van der Waals surface area contributed by atoms with Crippen molar-refractivity contribution in [2.75, 3.05) is 18.4 Å². The fraction of sp³-hybridized carbons (Fsp3) is 0.304. The smallest absolute Gasteiger partial charge is 0.350 e. The third kappa shape index (κ3) is 4.92. The summed E-state index contributed by atoms with van der Waals surface area (Å²) in [5.41, 5.74) is 0.420. The van der Waals surface area contributed by atoms with Crippen LogP contribution in [0, 0.1) is 5.82 Å². The SMILES string of the molecule is O=C(c1ccc(C(F)(F)F)c(F)c1)N1CCC(c2cc(NCc3ccccc3)on2)CC1. The van der Waals surface area contributed by atoms with Gasteiger partial charge in [0.25, 0.3) is 5.91 Å². The minimum atomic E-state index is -4.80. The number of aromatic nitrogens is 1. The summed E-state index contributed by atoms with van der Waals surface area (Å²) < 4.78 is 57.3. The number of hydrogen-bond acceptors (Lipinski definition) is 4. The normalized spacial score (nSPS) is 15.1. The van der Waals surface area contributed by atoms with Crippen molar-refractivity contribution in [1.82, 2.24) is 10.1 Å². The Bertz CT molecular complexity index is 1070. The van der Waals surface area contributed by atoms with Gasteiger partial charge in [-0.2, -0.15) is 13.2 Å². The number of nitrogens with one attached hydrogen (secondary N) is 1. The molecule has 0 radical (unpaired) electrons. The van der Waals surface area contributed by atoms with Gasteiger partial charge < -0.3 is 14.7 Å². The van der Waals surface area contributed by atoms with Crippen molar-refractivity contribution in [2.45, 2.75) is 31.5 Å². The summed E-state index contributed by atoms with van der Waals surface area (Å²) in [6, 6.07) is 14.0. The van der Waals surface area contributed by atoms with Gasteiger partial charge in [-0.05, 0) is 36.6 Å². The van der Waals surface area contributed by atoms with E-state index in [-0.39, 0.29) is 11.5 Å². The number of carbonyl (C=O) groups is 1. The van der Waals surface area contributed by atoms with Gasteiger partial charge in [0, 0.05) is 37.2 Å². The monoisotopic (exact) mass is 447 g/mol. The zero-order valence-corrected chi connectivity index (χ0v) is 17.0. The number of halogens is 4. The first-order chi connectivity index (χ1) is 15.3. The summed E-state index contributed by atoms with van der Waals surface area (Å²) >= 11 is 0. The third-order valence-corrected chi connectivity index (χ3v) is 5.56. The summed E-state index contributed by atoms with van der Waals surface area (Å²) in [6.45, 7) is 1.39. The lowest BCUT2D eigenvalue weighted by Gasteiger charge is -2.31. The predicted molar refractivity (Wildman–Crippen MR) is 110 cm³/mol. The fourth-order valence-electron chi connectivity index (χ4n) is 3.79. The molecule has 1 saturated heterocycles. The molecule has 0 saturated carbocycles. The zero-order chi connectivity index (χ0) is 22.7. The minimum absolute atomic E-state index is 0.0946. The molecule has 5 nitrogen and oxygen atoms in total. The average Bonchev–Trinajstić information content (AvgIpc) is 3.26. The van der Waals surface area contributed by atoms with Crippen molar-refractivity contribution in [3.8, 4) is 0 Å². The minimum Gasteiger partial charge on any atom is -0.350 e. The van der Waals surface area contributed by atoms with Crippen molar-refractivity contribution in [3.63, 3.8) is 0 Å². The summed E-state index contributed by atoms with van der Waals surface area (Å²) in [6.07, 6.45) is -3.55. The van der Waals surface area contributed by atoms with Crippen LogP contribution in [0.5, 0.6) is 0 Å². The van der Waals surface area contributed by atoms with E-state index in [2.05, 4.69) is 10.5 Å². The summed E-state index contributed by atoms with van der Waals surface area (Å²) in [5.74, 6) is -1.28. The van der Waals surface area contributed by atoms with E-state index < -0.39 is 23.5 Å². The van der Waals surface area contributed by atoms with Crippen LogP contribution in [0.3, 0.4) is 0 Å². The van der Waals surface area contributed by atoms with Crippen molar-refractivity contribution >= 4 is 11.8 Å². The fourth-order valence-corrected chi connectivity index (χ4v) is 3.79. The maximum absolute atomic E-state index is 13.8. The van der Waals surface area contributed by atoms with E-state index in [9.17, 15) is 22.4 Å². The molecular formula is C23H21F4N3O2. The van der Waals surface area contributed by atoms with Crippen LogP contribution >= 0.6 is 0 Å². The van der Waals surface area contributed by atoms with Gasteiger partial charge in [-0.25, -0.2) is 4.39 Å². The maximum atomic E-state index is 13.8. The zero-order valence-electron chi connectivity index (χ0n) is 17.0. The van der Waals surface area contributed by atoms with E-state index in [4.69, 9.17) is 4.52 Å². The molecule has 3 aromatic rings. The van der Waals surface area contributed by atoms with Crippen LogP contribution in [-0.4, -0.2) is 29.1 Å². The van der Waals surface area contributed by atoms with Gasteiger partial charge in [0.1, 0.15) is 5.82 Å². The van der Waals surface area contributed by atoms with Crippen LogP contribution in [0.1, 0.15) is 45.9 Å². The van der Waals surface area contributed by atoms with Crippen molar-refractivity contribution < 1.29 is 26.9 Å². The second-order valence-electron chi connectivity index (χ2n) is 7.71. The lowest BCUT2D eigenvalue weighted by molar-refractivity contribution is -0.140. The van der Waals surface area contributed by atoms with Gasteiger partial charge in [0.15, 0.2) is 0 Å². The standard InChI is InChI=1S/C23H21F4N3O2/c24-19-12-17(6-7-18(19)23(25,26)27)22(31)30-10-8-16(9-11-30)20-13-21(32-29-20)28-14-15-4-2-1-3-5-15/h1-7,12-13,16,28H,8-11,14H2. The number of amides is 1. The maximum Gasteiger partial charge on any atom is 0.419 e. The molecule has 1 aliphatic rings. The highest BCUT2D eigenvalue weighted by molar-refractivity contribution is 5.94. The first-order valence-corrected chi connectivity index (χ1v) is 10.2. The Morgan fingerprint density at radius 2 is 1.81 bits per heavy atom. The van der Waals surface area contributed by atoms with E-state index in [0.717, 1.165) is 17.3 Å². The van der Waals surface area contributed by atoms with Gasteiger partial charge in [0.05, 0.1) is 11.3 Å². The summed E-state index contributed by atoms with van der Waals surface area (Å²) in [4.78, 5) is 14.1. The van der Waals surface area contributed by atoms with E-state index >= 15 is 0 Å². The average molecular weight is 447 g/mol. The van der Waals surface area contributed by atoms with Gasteiger partial charge in [-0.1, -0.05) is 35.5 Å². The van der Waals surface area contributed by atoms with Crippen LogP contribution in [0.4, 0.5) is 23.4 Å². The van der Waals surface area contributed by atoms with E-state index in [1.54, 1.807) is 0 Å². The highest BCUT2D eigenvalue weighted by Gasteiger charge is 2.35. The molecule has 2 aromatic carbocycles. The lowest BCUT2D eigenvalue weighted by atomic mass is 9.93. The van der Waals surface area contributed by atoms with Crippen molar-refractivity contribution in [2.24, 2.45) is 0 Å². The van der Waals surface area contributed by atoms with Gasteiger partial charge in [0.2, 0.25) is 5.88 Å². The first kappa shape index (κ1) is 21.9. The molecule has 1 fully saturated rings. The van der Waals surface area contributed by atoms with Crippen LogP contribution in [0.15, 0.2) is 59.1 Å². The van der Waals surface area contributed by atoms with Gasteiger partial charge >= 0.3 is 6.18 Å². The van der Waals surface area contributed by atoms with Gasteiger partial charge in [-0.15, -0.1) is 0 Å². The number of carbonyl (C=O) groups excluding carboxylic acids is 1. The summed E-state index contributed by atoms with van der Waals surface area (Å²) in [5, 5.41) is 7.31. The van der Waals surface area contributed by atoms with E-state index in [1.165, 1.54) is 4.90 Å². The molecule has 0 aliphatic carbocycles. The topological polar surface area (TPSA) is 58.4 Å². The van der Waals surface area contributed by atoms with Crippen LogP contribution in [0.25, 0.3) is 0 Å². The number of alkyl halides is 3. The Labute approximate surface area is 182 Å². The molecule has 1 amide bonds.